The lowest BCUT2D eigenvalue weighted by atomic mass is 10.1. The van der Waals surface area contributed by atoms with Gasteiger partial charge >= 0.3 is 0 Å². The molecule has 0 saturated carbocycles. The van der Waals surface area contributed by atoms with Crippen molar-refractivity contribution < 1.29 is 5.11 Å². The number of aliphatic hydroxyl groups excluding tert-OH is 1. The van der Waals surface area contributed by atoms with E-state index in [1.807, 2.05) is 18.3 Å². The molecule has 2 atom stereocenters. The van der Waals surface area contributed by atoms with Gasteiger partial charge in [-0.3, -0.25) is 0 Å². The fourth-order valence-electron chi connectivity index (χ4n) is 2.70. The molecule has 1 aliphatic rings. The Labute approximate surface area is 109 Å². The smallest absolute Gasteiger partial charge is 0.134 e. The van der Waals surface area contributed by atoms with Crippen LogP contribution in [-0.4, -0.2) is 48.2 Å². The fourth-order valence-corrected chi connectivity index (χ4v) is 2.70. The van der Waals surface area contributed by atoms with Crippen molar-refractivity contribution in [2.45, 2.75) is 31.9 Å². The third-order valence-corrected chi connectivity index (χ3v) is 3.49. The van der Waals surface area contributed by atoms with E-state index in [-0.39, 0.29) is 0 Å². The Kier molecular flexibility index (Phi) is 4.19. The molecule has 4 nitrogen and oxygen atoms in total. The summed E-state index contributed by atoms with van der Waals surface area (Å²) < 4.78 is 0. The fraction of sp³-hybridized carbons (Fsp3) is 0.643. The van der Waals surface area contributed by atoms with Crippen molar-refractivity contribution in [3.05, 3.63) is 23.9 Å². The Balaban J connectivity index is 2.24. The Morgan fingerprint density at radius 2 is 2.33 bits per heavy atom. The minimum atomic E-state index is -0.464. The van der Waals surface area contributed by atoms with Gasteiger partial charge in [0.2, 0.25) is 0 Å². The molecule has 2 rings (SSSR count). The van der Waals surface area contributed by atoms with E-state index >= 15 is 0 Å². The summed E-state index contributed by atoms with van der Waals surface area (Å²) in [5, 5.41) is 9.86. The summed E-state index contributed by atoms with van der Waals surface area (Å²) in [7, 11) is 4.20. The number of likely N-dealkylation sites (N-methyl/N-ethyl adjacent to an activating group) is 1. The van der Waals surface area contributed by atoms with E-state index in [4.69, 9.17) is 0 Å². The van der Waals surface area contributed by atoms with Crippen molar-refractivity contribution in [2.75, 3.05) is 32.1 Å². The lowest BCUT2D eigenvalue weighted by Gasteiger charge is -2.30. The molecule has 1 N–H and O–H groups in total. The Hall–Kier alpha value is -1.13. The van der Waals surface area contributed by atoms with E-state index in [0.717, 1.165) is 24.5 Å². The number of hydrogen-bond donors (Lipinski definition) is 1. The van der Waals surface area contributed by atoms with Crippen LogP contribution >= 0.6 is 0 Å². The van der Waals surface area contributed by atoms with Crippen molar-refractivity contribution >= 4 is 5.82 Å². The molecule has 0 bridgehead atoms. The molecule has 0 spiro atoms. The zero-order chi connectivity index (χ0) is 13.1. The van der Waals surface area contributed by atoms with Crippen LogP contribution in [0.5, 0.6) is 0 Å². The van der Waals surface area contributed by atoms with Crippen molar-refractivity contribution in [3.63, 3.8) is 0 Å². The third kappa shape index (κ3) is 2.82. The number of anilines is 1. The van der Waals surface area contributed by atoms with Crippen LogP contribution in [-0.2, 0) is 0 Å². The maximum atomic E-state index is 9.86. The van der Waals surface area contributed by atoms with Gasteiger partial charge in [-0.2, -0.15) is 0 Å². The van der Waals surface area contributed by atoms with Crippen LogP contribution in [0.15, 0.2) is 18.3 Å². The van der Waals surface area contributed by atoms with Gasteiger partial charge in [0.25, 0.3) is 0 Å². The maximum absolute atomic E-state index is 9.86. The van der Waals surface area contributed by atoms with Crippen LogP contribution in [0.4, 0.5) is 5.82 Å². The summed E-state index contributed by atoms with van der Waals surface area (Å²) >= 11 is 0. The maximum Gasteiger partial charge on any atom is 0.134 e. The number of hydrogen-bond acceptors (Lipinski definition) is 4. The molecule has 1 aromatic heterocycles. The summed E-state index contributed by atoms with van der Waals surface area (Å²) in [4.78, 5) is 9.05. The molecule has 0 aromatic carbocycles. The molecule has 2 unspecified atom stereocenters. The first-order valence-electron chi connectivity index (χ1n) is 6.64. The standard InChI is InChI=1S/C14H23N3O/c1-11(18)13-7-4-8-15-14(13)17-9-5-6-12(17)10-16(2)3/h4,7-8,11-12,18H,5-6,9-10H2,1-3H3. The number of aliphatic hydroxyl groups is 1. The average Bonchev–Trinajstić information content (AvgIpc) is 2.76. The lowest BCUT2D eigenvalue weighted by molar-refractivity contribution is 0.199. The highest BCUT2D eigenvalue weighted by Gasteiger charge is 2.28. The second-order valence-electron chi connectivity index (χ2n) is 5.34. The zero-order valence-electron chi connectivity index (χ0n) is 11.5. The summed E-state index contributed by atoms with van der Waals surface area (Å²) in [6.07, 6.45) is 3.75. The molecular weight excluding hydrogens is 226 g/mol. The van der Waals surface area contributed by atoms with Gasteiger partial charge < -0.3 is 14.9 Å². The van der Waals surface area contributed by atoms with Crippen LogP contribution < -0.4 is 4.90 Å². The van der Waals surface area contributed by atoms with E-state index in [1.165, 1.54) is 12.8 Å². The number of aromatic nitrogens is 1. The zero-order valence-corrected chi connectivity index (χ0v) is 11.5. The molecule has 1 saturated heterocycles. The molecule has 4 heteroatoms. The lowest BCUT2D eigenvalue weighted by Crippen LogP contribution is -2.38. The SMILES string of the molecule is CC(O)c1cccnc1N1CCCC1CN(C)C. The largest absolute Gasteiger partial charge is 0.389 e. The first-order valence-corrected chi connectivity index (χ1v) is 6.64. The molecule has 1 aliphatic heterocycles. The van der Waals surface area contributed by atoms with Crippen LogP contribution in [0.2, 0.25) is 0 Å². The molecule has 0 amide bonds. The van der Waals surface area contributed by atoms with Gasteiger partial charge in [-0.15, -0.1) is 0 Å². The molecule has 1 fully saturated rings. The van der Waals surface area contributed by atoms with Gasteiger partial charge in [-0.25, -0.2) is 4.98 Å². The number of rotatable bonds is 4. The molecule has 0 radical (unpaired) electrons. The van der Waals surface area contributed by atoms with Crippen LogP contribution in [0.1, 0.15) is 31.4 Å². The van der Waals surface area contributed by atoms with E-state index in [1.54, 1.807) is 6.92 Å². The van der Waals surface area contributed by atoms with Gasteiger partial charge in [-0.05, 0) is 39.9 Å². The quantitative estimate of drug-likeness (QED) is 0.881. The molecular formula is C14H23N3O. The van der Waals surface area contributed by atoms with E-state index < -0.39 is 6.10 Å². The van der Waals surface area contributed by atoms with Crippen molar-refractivity contribution in [1.29, 1.82) is 0 Å². The van der Waals surface area contributed by atoms with Gasteiger partial charge in [-0.1, -0.05) is 6.07 Å². The van der Waals surface area contributed by atoms with Crippen molar-refractivity contribution in [3.8, 4) is 0 Å². The first kappa shape index (κ1) is 13.3. The average molecular weight is 249 g/mol. The van der Waals surface area contributed by atoms with Gasteiger partial charge in [0.15, 0.2) is 0 Å². The van der Waals surface area contributed by atoms with Gasteiger partial charge in [0.05, 0.1) is 6.10 Å². The summed E-state index contributed by atoms with van der Waals surface area (Å²) in [5.74, 6) is 0.955. The molecule has 18 heavy (non-hydrogen) atoms. The monoisotopic (exact) mass is 249 g/mol. The number of pyridine rings is 1. The van der Waals surface area contributed by atoms with E-state index in [9.17, 15) is 5.11 Å². The van der Waals surface area contributed by atoms with Crippen LogP contribution in [0.25, 0.3) is 0 Å². The van der Waals surface area contributed by atoms with Crippen LogP contribution in [0, 0.1) is 0 Å². The number of nitrogens with zero attached hydrogens (tertiary/aromatic N) is 3. The summed E-state index contributed by atoms with van der Waals surface area (Å²) in [6.45, 7) is 3.88. The predicted octanol–water partition coefficient (Wildman–Crippen LogP) is 1.67. The minimum absolute atomic E-state index is 0.464. The molecule has 0 aliphatic carbocycles. The predicted molar refractivity (Wildman–Crippen MR) is 73.8 cm³/mol. The highest BCUT2D eigenvalue weighted by molar-refractivity contribution is 5.49. The van der Waals surface area contributed by atoms with Crippen molar-refractivity contribution in [1.82, 2.24) is 9.88 Å². The highest BCUT2D eigenvalue weighted by Crippen LogP contribution is 2.30. The van der Waals surface area contributed by atoms with Gasteiger partial charge in [0.1, 0.15) is 5.82 Å². The summed E-state index contributed by atoms with van der Waals surface area (Å²) in [5.41, 5.74) is 0.933. The normalized spacial score (nSPS) is 21.6. The Morgan fingerprint density at radius 1 is 1.56 bits per heavy atom. The second kappa shape index (κ2) is 5.67. The Morgan fingerprint density at radius 3 is 3.00 bits per heavy atom. The highest BCUT2D eigenvalue weighted by atomic mass is 16.3. The van der Waals surface area contributed by atoms with Gasteiger partial charge in [0, 0.05) is 30.9 Å². The minimum Gasteiger partial charge on any atom is -0.389 e. The second-order valence-corrected chi connectivity index (χ2v) is 5.34. The molecule has 1 aromatic rings. The Bertz CT molecular complexity index is 392. The van der Waals surface area contributed by atoms with Crippen molar-refractivity contribution in [2.24, 2.45) is 0 Å². The molecule has 2 heterocycles. The van der Waals surface area contributed by atoms with E-state index in [0.29, 0.717) is 6.04 Å². The third-order valence-electron chi connectivity index (χ3n) is 3.49. The molecule has 100 valence electrons. The van der Waals surface area contributed by atoms with E-state index in [2.05, 4.69) is 28.9 Å². The topological polar surface area (TPSA) is 39.6 Å². The summed E-state index contributed by atoms with van der Waals surface area (Å²) in [6, 6.07) is 4.37. The first-order chi connectivity index (χ1) is 8.59. The van der Waals surface area contributed by atoms with Crippen LogP contribution in [0.3, 0.4) is 0 Å².